The summed E-state index contributed by atoms with van der Waals surface area (Å²) in [5.41, 5.74) is 6.58. The van der Waals surface area contributed by atoms with Gasteiger partial charge in [-0.05, 0) is 0 Å². The van der Waals surface area contributed by atoms with Gasteiger partial charge in [0.25, 0.3) is 5.89 Å². The first-order valence-electron chi connectivity index (χ1n) is 5.29. The molecule has 18 heavy (non-hydrogen) atoms. The minimum Gasteiger partial charge on any atom is -0.335 e. The van der Waals surface area contributed by atoms with E-state index in [0.717, 1.165) is 0 Å². The van der Waals surface area contributed by atoms with E-state index in [2.05, 4.69) is 30.5 Å². The van der Waals surface area contributed by atoms with E-state index in [1.807, 2.05) is 4.57 Å². The van der Waals surface area contributed by atoms with Crippen molar-refractivity contribution >= 4 is 0 Å². The largest absolute Gasteiger partial charge is 0.335 e. The second-order valence-electron chi connectivity index (χ2n) is 3.56. The highest BCUT2D eigenvalue weighted by molar-refractivity contribution is 5.52. The molecule has 3 aromatic heterocycles. The average molecular weight is 246 g/mol. The number of nitrogens with one attached hydrogen (secondary N) is 1. The summed E-state index contributed by atoms with van der Waals surface area (Å²) >= 11 is 0. The fourth-order valence-corrected chi connectivity index (χ4v) is 1.48. The Morgan fingerprint density at radius 2 is 2.33 bits per heavy atom. The standard InChI is InChI=1S/C9H10N8O/c10-1-2-17-4-7(11-5-17)9-13-8(15-18-9)6-3-12-16-14-6/h3-5H,1-2,10H2,(H,12,14,16). The van der Waals surface area contributed by atoms with Crippen LogP contribution in [0.3, 0.4) is 0 Å². The van der Waals surface area contributed by atoms with Crippen LogP contribution in [0.1, 0.15) is 0 Å². The van der Waals surface area contributed by atoms with Crippen LogP contribution in [-0.2, 0) is 6.54 Å². The van der Waals surface area contributed by atoms with Crippen LogP contribution in [0.5, 0.6) is 0 Å². The Labute approximate surface area is 101 Å². The van der Waals surface area contributed by atoms with Crippen molar-refractivity contribution in [2.75, 3.05) is 6.54 Å². The molecule has 92 valence electrons. The molecule has 3 rings (SSSR count). The van der Waals surface area contributed by atoms with Crippen molar-refractivity contribution in [3.05, 3.63) is 18.7 Å². The van der Waals surface area contributed by atoms with Gasteiger partial charge in [-0.15, -0.1) is 0 Å². The molecule has 0 aromatic carbocycles. The molecular weight excluding hydrogens is 236 g/mol. The van der Waals surface area contributed by atoms with Crippen molar-refractivity contribution in [1.82, 2.24) is 35.1 Å². The van der Waals surface area contributed by atoms with Gasteiger partial charge in [0.1, 0.15) is 5.69 Å². The number of nitrogens with two attached hydrogens (primary N) is 1. The first kappa shape index (κ1) is 10.6. The number of H-pyrrole nitrogens is 1. The monoisotopic (exact) mass is 246 g/mol. The average Bonchev–Trinajstić information content (AvgIpc) is 3.10. The molecule has 0 aliphatic heterocycles. The predicted octanol–water partition coefficient (Wildman–Crippen LogP) is -0.323. The number of rotatable bonds is 4. The SMILES string of the molecule is NCCn1cnc(-c2nc(-c3cn[nH]n3)no2)c1. The van der Waals surface area contributed by atoms with E-state index in [9.17, 15) is 0 Å². The van der Waals surface area contributed by atoms with Gasteiger partial charge in [0.2, 0.25) is 5.82 Å². The van der Waals surface area contributed by atoms with E-state index in [0.29, 0.717) is 36.2 Å². The third kappa shape index (κ3) is 1.86. The van der Waals surface area contributed by atoms with Crippen LogP contribution in [0.25, 0.3) is 23.1 Å². The minimum atomic E-state index is 0.337. The molecule has 3 heterocycles. The van der Waals surface area contributed by atoms with Crippen LogP contribution in [0.2, 0.25) is 0 Å². The molecule has 0 aliphatic rings. The lowest BCUT2D eigenvalue weighted by molar-refractivity contribution is 0.431. The van der Waals surface area contributed by atoms with Crippen molar-refractivity contribution in [3.63, 3.8) is 0 Å². The molecule has 0 fully saturated rings. The van der Waals surface area contributed by atoms with Crippen LogP contribution in [0.4, 0.5) is 0 Å². The molecule has 0 atom stereocenters. The summed E-state index contributed by atoms with van der Waals surface area (Å²) in [6, 6.07) is 0. The van der Waals surface area contributed by atoms with Gasteiger partial charge in [-0.2, -0.15) is 20.4 Å². The summed E-state index contributed by atoms with van der Waals surface area (Å²) in [4.78, 5) is 8.36. The smallest absolute Gasteiger partial charge is 0.278 e. The zero-order chi connectivity index (χ0) is 12.4. The zero-order valence-corrected chi connectivity index (χ0v) is 9.32. The maximum absolute atomic E-state index is 5.46. The van der Waals surface area contributed by atoms with Crippen LogP contribution in [-0.4, -0.2) is 41.6 Å². The number of hydrogen-bond donors (Lipinski definition) is 2. The molecule has 0 bridgehead atoms. The molecule has 9 nitrogen and oxygen atoms in total. The molecule has 0 amide bonds. The van der Waals surface area contributed by atoms with Crippen molar-refractivity contribution in [2.24, 2.45) is 5.73 Å². The Balaban J connectivity index is 1.88. The fraction of sp³-hybridized carbons (Fsp3) is 0.222. The fourth-order valence-electron chi connectivity index (χ4n) is 1.48. The minimum absolute atomic E-state index is 0.337. The summed E-state index contributed by atoms with van der Waals surface area (Å²) in [6.45, 7) is 1.24. The van der Waals surface area contributed by atoms with E-state index >= 15 is 0 Å². The number of imidazole rings is 1. The summed E-state index contributed by atoms with van der Waals surface area (Å²) < 4.78 is 6.97. The highest BCUT2D eigenvalue weighted by Gasteiger charge is 2.14. The Hall–Kier alpha value is -2.55. The van der Waals surface area contributed by atoms with Gasteiger partial charge in [-0.1, -0.05) is 5.16 Å². The third-order valence-corrected chi connectivity index (χ3v) is 2.31. The molecule has 0 radical (unpaired) electrons. The van der Waals surface area contributed by atoms with Gasteiger partial charge in [0.15, 0.2) is 5.69 Å². The van der Waals surface area contributed by atoms with Crippen LogP contribution in [0, 0.1) is 0 Å². The first-order chi connectivity index (χ1) is 8.86. The van der Waals surface area contributed by atoms with Gasteiger partial charge >= 0.3 is 0 Å². The zero-order valence-electron chi connectivity index (χ0n) is 9.32. The Morgan fingerprint density at radius 3 is 3.11 bits per heavy atom. The van der Waals surface area contributed by atoms with Gasteiger partial charge in [0, 0.05) is 19.3 Å². The van der Waals surface area contributed by atoms with Crippen LogP contribution < -0.4 is 5.73 Å². The molecule has 0 aliphatic carbocycles. The van der Waals surface area contributed by atoms with E-state index in [4.69, 9.17) is 10.3 Å². The van der Waals surface area contributed by atoms with Gasteiger partial charge < -0.3 is 14.8 Å². The van der Waals surface area contributed by atoms with E-state index in [-0.39, 0.29) is 0 Å². The maximum atomic E-state index is 5.46. The topological polar surface area (TPSA) is 124 Å². The highest BCUT2D eigenvalue weighted by Crippen LogP contribution is 2.18. The molecule has 0 saturated heterocycles. The van der Waals surface area contributed by atoms with Crippen molar-refractivity contribution in [2.45, 2.75) is 6.54 Å². The molecule has 3 aromatic rings. The van der Waals surface area contributed by atoms with E-state index < -0.39 is 0 Å². The Kier molecular flexibility index (Phi) is 2.57. The summed E-state index contributed by atoms with van der Waals surface area (Å²) in [5.74, 6) is 0.705. The maximum Gasteiger partial charge on any atom is 0.278 e. The summed E-state index contributed by atoms with van der Waals surface area (Å²) in [6.07, 6.45) is 4.98. The highest BCUT2D eigenvalue weighted by atomic mass is 16.5. The number of hydrogen-bond acceptors (Lipinski definition) is 7. The second kappa shape index (κ2) is 4.37. The quantitative estimate of drug-likeness (QED) is 0.646. The molecule has 3 N–H and O–H groups in total. The Bertz CT molecular complexity index is 625. The Morgan fingerprint density at radius 1 is 1.39 bits per heavy atom. The number of aromatic amines is 1. The van der Waals surface area contributed by atoms with Crippen molar-refractivity contribution < 1.29 is 4.52 Å². The van der Waals surface area contributed by atoms with Crippen LogP contribution >= 0.6 is 0 Å². The normalized spacial score (nSPS) is 10.9. The molecule has 0 unspecified atom stereocenters. The second-order valence-corrected chi connectivity index (χ2v) is 3.56. The molecular formula is C9H10N8O. The van der Waals surface area contributed by atoms with Crippen LogP contribution in [0.15, 0.2) is 23.2 Å². The van der Waals surface area contributed by atoms with Crippen molar-refractivity contribution in [1.29, 1.82) is 0 Å². The summed E-state index contributed by atoms with van der Waals surface area (Å²) in [7, 11) is 0. The van der Waals surface area contributed by atoms with Crippen molar-refractivity contribution in [3.8, 4) is 23.1 Å². The van der Waals surface area contributed by atoms with Gasteiger partial charge in [-0.25, -0.2) is 4.98 Å². The molecule has 9 heteroatoms. The lowest BCUT2D eigenvalue weighted by atomic mass is 10.4. The van der Waals surface area contributed by atoms with E-state index in [1.54, 1.807) is 12.5 Å². The lowest BCUT2D eigenvalue weighted by Gasteiger charge is -1.94. The lowest BCUT2D eigenvalue weighted by Crippen LogP contribution is -2.07. The molecule has 0 saturated carbocycles. The van der Waals surface area contributed by atoms with Gasteiger partial charge in [0.05, 0.1) is 12.5 Å². The number of nitrogens with zero attached hydrogens (tertiary/aromatic N) is 6. The van der Waals surface area contributed by atoms with E-state index in [1.165, 1.54) is 6.20 Å². The molecule has 0 spiro atoms. The third-order valence-electron chi connectivity index (χ3n) is 2.31. The predicted molar refractivity (Wildman–Crippen MR) is 60.0 cm³/mol. The van der Waals surface area contributed by atoms with Gasteiger partial charge in [-0.3, -0.25) is 0 Å². The first-order valence-corrected chi connectivity index (χ1v) is 5.29. The summed E-state index contributed by atoms with van der Waals surface area (Å²) in [5, 5.41) is 13.8. The number of aromatic nitrogens is 7.